The van der Waals surface area contributed by atoms with Crippen molar-refractivity contribution < 1.29 is 4.79 Å². The molecule has 1 aromatic heterocycles. The minimum absolute atomic E-state index is 0.339. The Hall–Kier alpha value is -2.06. The SMILES string of the molecule is C#CCn1c(=NC(=O)c2cc(Cl)cc(Cl)c2)sc2c(C)cc(C)cc21. The minimum atomic E-state index is -0.406. The van der Waals surface area contributed by atoms with Crippen molar-refractivity contribution in [2.45, 2.75) is 20.4 Å². The molecule has 25 heavy (non-hydrogen) atoms. The summed E-state index contributed by atoms with van der Waals surface area (Å²) in [6, 6.07) is 8.82. The van der Waals surface area contributed by atoms with Gasteiger partial charge in [-0.3, -0.25) is 4.79 Å². The molecule has 3 aromatic rings. The van der Waals surface area contributed by atoms with Gasteiger partial charge in [-0.15, -0.1) is 6.42 Å². The van der Waals surface area contributed by atoms with Gasteiger partial charge in [0, 0.05) is 15.6 Å². The van der Waals surface area contributed by atoms with E-state index < -0.39 is 5.91 Å². The van der Waals surface area contributed by atoms with E-state index in [9.17, 15) is 4.79 Å². The number of rotatable bonds is 2. The monoisotopic (exact) mass is 388 g/mol. The van der Waals surface area contributed by atoms with Crippen LogP contribution in [-0.4, -0.2) is 10.5 Å². The molecule has 0 saturated carbocycles. The summed E-state index contributed by atoms with van der Waals surface area (Å²) in [6.45, 7) is 4.40. The number of fused-ring (bicyclic) bond motifs is 1. The predicted molar refractivity (Wildman–Crippen MR) is 104 cm³/mol. The van der Waals surface area contributed by atoms with E-state index in [2.05, 4.69) is 23.0 Å². The molecule has 0 N–H and O–H groups in total. The molecule has 0 atom stereocenters. The predicted octanol–water partition coefficient (Wildman–Crippen LogP) is 5.00. The summed E-state index contributed by atoms with van der Waals surface area (Å²) in [5.74, 6) is 2.22. The number of hydrogen-bond acceptors (Lipinski definition) is 2. The Balaban J connectivity index is 2.22. The number of carbonyl (C=O) groups excluding carboxylic acids is 1. The molecular formula is C19H14Cl2N2OS. The summed E-state index contributed by atoms with van der Waals surface area (Å²) < 4.78 is 2.95. The molecule has 1 heterocycles. The van der Waals surface area contributed by atoms with Crippen LogP contribution in [0.4, 0.5) is 0 Å². The molecule has 0 aliphatic heterocycles. The van der Waals surface area contributed by atoms with Crippen LogP contribution in [0.3, 0.4) is 0 Å². The van der Waals surface area contributed by atoms with Crippen LogP contribution in [0.15, 0.2) is 35.3 Å². The zero-order valence-corrected chi connectivity index (χ0v) is 16.0. The van der Waals surface area contributed by atoms with Crippen molar-refractivity contribution in [3.63, 3.8) is 0 Å². The van der Waals surface area contributed by atoms with E-state index in [4.69, 9.17) is 29.6 Å². The molecule has 126 valence electrons. The Labute approximate surface area is 159 Å². The second-order valence-corrected chi connectivity index (χ2v) is 7.53. The molecule has 0 aliphatic carbocycles. The summed E-state index contributed by atoms with van der Waals surface area (Å²) in [4.78, 5) is 17.4. The first-order chi connectivity index (χ1) is 11.9. The quantitative estimate of drug-likeness (QED) is 0.568. The van der Waals surface area contributed by atoms with Crippen molar-refractivity contribution >= 4 is 50.7 Å². The molecule has 2 aromatic carbocycles. The molecule has 0 saturated heterocycles. The highest BCUT2D eigenvalue weighted by Gasteiger charge is 2.12. The summed E-state index contributed by atoms with van der Waals surface area (Å²) in [5.41, 5.74) is 3.59. The number of hydrogen-bond donors (Lipinski definition) is 0. The third-order valence-corrected chi connectivity index (χ3v) is 5.34. The van der Waals surface area contributed by atoms with Crippen LogP contribution >= 0.6 is 34.5 Å². The van der Waals surface area contributed by atoms with Gasteiger partial charge in [0.25, 0.3) is 5.91 Å². The first-order valence-electron chi connectivity index (χ1n) is 7.48. The number of aryl methyl sites for hydroxylation is 2. The van der Waals surface area contributed by atoms with Crippen molar-refractivity contribution in [3.05, 3.63) is 61.9 Å². The molecular weight excluding hydrogens is 375 g/mol. The van der Waals surface area contributed by atoms with Gasteiger partial charge in [0.1, 0.15) is 0 Å². The first kappa shape index (κ1) is 17.8. The first-order valence-corrected chi connectivity index (χ1v) is 9.05. The van der Waals surface area contributed by atoms with Gasteiger partial charge >= 0.3 is 0 Å². The van der Waals surface area contributed by atoms with Gasteiger partial charge in [0.15, 0.2) is 4.80 Å². The molecule has 3 nitrogen and oxygen atoms in total. The highest BCUT2D eigenvalue weighted by atomic mass is 35.5. The zero-order valence-electron chi connectivity index (χ0n) is 13.6. The van der Waals surface area contributed by atoms with E-state index in [1.54, 1.807) is 18.2 Å². The lowest BCUT2D eigenvalue weighted by Gasteiger charge is -2.03. The molecule has 0 unspecified atom stereocenters. The minimum Gasteiger partial charge on any atom is -0.305 e. The average molecular weight is 389 g/mol. The van der Waals surface area contributed by atoms with Crippen molar-refractivity contribution in [2.24, 2.45) is 4.99 Å². The molecule has 1 amide bonds. The van der Waals surface area contributed by atoms with Crippen LogP contribution < -0.4 is 4.80 Å². The smallest absolute Gasteiger partial charge is 0.279 e. The molecule has 0 aliphatic rings. The summed E-state index contributed by atoms with van der Waals surface area (Å²) in [6.07, 6.45) is 5.51. The Morgan fingerprint density at radius 3 is 2.52 bits per heavy atom. The second kappa shape index (κ2) is 7.05. The van der Waals surface area contributed by atoms with Crippen molar-refractivity contribution in [1.82, 2.24) is 4.57 Å². The number of nitrogens with zero attached hydrogens (tertiary/aromatic N) is 2. The largest absolute Gasteiger partial charge is 0.305 e. The van der Waals surface area contributed by atoms with Gasteiger partial charge in [-0.2, -0.15) is 4.99 Å². The molecule has 0 bridgehead atoms. The Morgan fingerprint density at radius 2 is 1.88 bits per heavy atom. The number of carbonyl (C=O) groups is 1. The van der Waals surface area contributed by atoms with E-state index in [1.165, 1.54) is 11.3 Å². The number of amides is 1. The van der Waals surface area contributed by atoms with Crippen LogP contribution in [0.5, 0.6) is 0 Å². The summed E-state index contributed by atoms with van der Waals surface area (Å²) >= 11 is 13.4. The fourth-order valence-corrected chi connectivity index (χ4v) is 4.27. The van der Waals surface area contributed by atoms with E-state index in [1.807, 2.05) is 18.4 Å². The topological polar surface area (TPSA) is 34.4 Å². The number of aromatic nitrogens is 1. The average Bonchev–Trinajstić information content (AvgIpc) is 2.85. The van der Waals surface area contributed by atoms with Gasteiger partial charge in [0.05, 0.1) is 16.8 Å². The number of benzene rings is 2. The maximum atomic E-state index is 12.6. The standard InChI is InChI=1S/C19H14Cl2N2OS/c1-4-5-23-16-7-11(2)6-12(3)17(16)25-19(23)22-18(24)13-8-14(20)10-15(21)9-13/h1,6-10H,5H2,2-3H3. The van der Waals surface area contributed by atoms with E-state index in [-0.39, 0.29) is 0 Å². The maximum Gasteiger partial charge on any atom is 0.279 e. The van der Waals surface area contributed by atoms with Gasteiger partial charge in [-0.1, -0.05) is 46.5 Å². The number of terminal acetylenes is 1. The summed E-state index contributed by atoms with van der Waals surface area (Å²) in [5, 5.41) is 0.788. The van der Waals surface area contributed by atoms with Gasteiger partial charge < -0.3 is 4.57 Å². The Kier molecular flexibility index (Phi) is 5.01. The van der Waals surface area contributed by atoms with Crippen molar-refractivity contribution in [3.8, 4) is 12.3 Å². The molecule has 3 rings (SSSR count). The van der Waals surface area contributed by atoms with E-state index in [0.29, 0.717) is 27.0 Å². The van der Waals surface area contributed by atoms with E-state index in [0.717, 1.165) is 21.3 Å². The highest BCUT2D eigenvalue weighted by Crippen LogP contribution is 2.24. The number of thiazole rings is 1. The van der Waals surface area contributed by atoms with Gasteiger partial charge in [-0.05, 0) is 49.2 Å². The highest BCUT2D eigenvalue weighted by molar-refractivity contribution is 7.16. The normalized spacial score (nSPS) is 11.7. The zero-order chi connectivity index (χ0) is 18.1. The lowest BCUT2D eigenvalue weighted by atomic mass is 10.1. The lowest BCUT2D eigenvalue weighted by Crippen LogP contribution is -2.16. The van der Waals surface area contributed by atoms with Crippen LogP contribution in [-0.2, 0) is 6.54 Å². The van der Waals surface area contributed by atoms with E-state index >= 15 is 0 Å². The van der Waals surface area contributed by atoms with Crippen LogP contribution in [0.25, 0.3) is 10.2 Å². The molecule has 0 fully saturated rings. The van der Waals surface area contributed by atoms with Crippen molar-refractivity contribution in [1.29, 1.82) is 0 Å². The van der Waals surface area contributed by atoms with Crippen LogP contribution in [0, 0.1) is 26.2 Å². The fourth-order valence-electron chi connectivity index (χ4n) is 2.67. The van der Waals surface area contributed by atoms with Crippen molar-refractivity contribution in [2.75, 3.05) is 0 Å². The van der Waals surface area contributed by atoms with Crippen LogP contribution in [0.1, 0.15) is 21.5 Å². The third-order valence-electron chi connectivity index (χ3n) is 3.67. The van der Waals surface area contributed by atoms with Gasteiger partial charge in [-0.25, -0.2) is 0 Å². The fraction of sp³-hybridized carbons (Fsp3) is 0.158. The number of halogens is 2. The molecule has 6 heteroatoms. The van der Waals surface area contributed by atoms with Gasteiger partial charge in [0.2, 0.25) is 0 Å². The third kappa shape index (κ3) is 3.64. The summed E-state index contributed by atoms with van der Waals surface area (Å²) in [7, 11) is 0. The molecule has 0 spiro atoms. The Morgan fingerprint density at radius 1 is 1.20 bits per heavy atom. The lowest BCUT2D eigenvalue weighted by molar-refractivity contribution is 0.0998. The Bertz CT molecular complexity index is 1080. The maximum absolute atomic E-state index is 12.6. The molecule has 0 radical (unpaired) electrons. The van der Waals surface area contributed by atoms with Crippen LogP contribution in [0.2, 0.25) is 10.0 Å². The second-order valence-electron chi connectivity index (χ2n) is 5.68.